The molecule has 0 amide bonds. The van der Waals surface area contributed by atoms with Crippen molar-refractivity contribution >= 4 is 0 Å². The summed E-state index contributed by atoms with van der Waals surface area (Å²) in [4.78, 5) is 0. The average Bonchev–Trinajstić information content (AvgIpc) is 2.16. The first-order valence-electron chi connectivity index (χ1n) is 4.14. The van der Waals surface area contributed by atoms with Crippen molar-refractivity contribution in [1.82, 2.24) is 0 Å². The maximum atomic E-state index is 12.5. The van der Waals surface area contributed by atoms with Gasteiger partial charge in [-0.1, -0.05) is 0 Å². The van der Waals surface area contributed by atoms with Gasteiger partial charge in [0.2, 0.25) is 0 Å². The average molecular weight is 255 g/mol. The van der Waals surface area contributed by atoms with Crippen LogP contribution in [0.15, 0.2) is 0 Å². The lowest BCUT2D eigenvalue weighted by molar-refractivity contribution is -0.280. The lowest BCUT2D eigenvalue weighted by atomic mass is 10.2. The molecule has 1 unspecified atom stereocenters. The largest absolute Gasteiger partial charge is 0.389 e. The van der Waals surface area contributed by atoms with Crippen LogP contribution in [0.1, 0.15) is 0 Å². The molecule has 0 aliphatic carbocycles. The summed E-state index contributed by atoms with van der Waals surface area (Å²) in [6.07, 6.45) is -5.80. The third kappa shape index (κ3) is 3.80. The molecule has 0 rings (SSSR count). The van der Waals surface area contributed by atoms with E-state index in [0.717, 1.165) is 0 Å². The minimum absolute atomic E-state index is 0.323. The minimum Gasteiger partial charge on any atom is -0.389 e. The molecule has 3 nitrogen and oxygen atoms in total. The Morgan fingerprint density at radius 1 is 1.19 bits per heavy atom. The molecule has 0 aromatic carbocycles. The van der Waals surface area contributed by atoms with Gasteiger partial charge in [0.1, 0.15) is 6.61 Å². The Hall–Kier alpha value is -0.540. The van der Waals surface area contributed by atoms with Crippen molar-refractivity contribution in [2.75, 3.05) is 19.8 Å². The van der Waals surface area contributed by atoms with Gasteiger partial charge in [0.05, 0.1) is 12.7 Å². The molecule has 0 aromatic rings. The standard InChI is InChI=1S/C7H11F6NO2/c8-5(9)7(12,13)6(10,11)3-16-2-4(15)1-14/h4-5,15H,1-3,14H2. The first-order chi connectivity index (χ1) is 7.15. The number of alkyl halides is 6. The molecule has 16 heavy (non-hydrogen) atoms. The molecule has 0 spiro atoms. The fourth-order valence-corrected chi connectivity index (χ4v) is 0.647. The molecule has 0 saturated carbocycles. The van der Waals surface area contributed by atoms with E-state index in [2.05, 4.69) is 4.74 Å². The van der Waals surface area contributed by atoms with Gasteiger partial charge in [-0.15, -0.1) is 0 Å². The Kier molecular flexibility index (Phi) is 5.50. The number of hydrogen-bond donors (Lipinski definition) is 2. The molecule has 0 aliphatic heterocycles. The number of aliphatic hydroxyl groups excluding tert-OH is 1. The van der Waals surface area contributed by atoms with E-state index >= 15 is 0 Å². The molecule has 0 aliphatic rings. The highest BCUT2D eigenvalue weighted by Gasteiger charge is 2.62. The SMILES string of the molecule is NCC(O)COCC(F)(F)C(F)(F)C(F)F. The summed E-state index contributed by atoms with van der Waals surface area (Å²) in [5, 5.41) is 8.74. The van der Waals surface area contributed by atoms with Crippen molar-refractivity contribution in [1.29, 1.82) is 0 Å². The van der Waals surface area contributed by atoms with Crippen LogP contribution in [0.5, 0.6) is 0 Å². The van der Waals surface area contributed by atoms with E-state index < -0.39 is 37.6 Å². The summed E-state index contributed by atoms with van der Waals surface area (Å²) in [6, 6.07) is 0. The van der Waals surface area contributed by atoms with Gasteiger partial charge in [0, 0.05) is 6.54 Å². The maximum absolute atomic E-state index is 12.5. The van der Waals surface area contributed by atoms with Gasteiger partial charge in [0.15, 0.2) is 0 Å². The fourth-order valence-electron chi connectivity index (χ4n) is 0.647. The van der Waals surface area contributed by atoms with Gasteiger partial charge in [-0.2, -0.15) is 17.6 Å². The van der Waals surface area contributed by atoms with Crippen molar-refractivity contribution in [3.63, 3.8) is 0 Å². The Balaban J connectivity index is 4.24. The van der Waals surface area contributed by atoms with Crippen LogP contribution in [0.4, 0.5) is 26.3 Å². The molecule has 0 fully saturated rings. The van der Waals surface area contributed by atoms with Crippen molar-refractivity contribution in [2.45, 2.75) is 24.4 Å². The van der Waals surface area contributed by atoms with E-state index in [9.17, 15) is 26.3 Å². The number of hydrogen-bond acceptors (Lipinski definition) is 3. The van der Waals surface area contributed by atoms with Crippen LogP contribution in [-0.4, -0.2) is 49.2 Å². The van der Waals surface area contributed by atoms with Crippen molar-refractivity contribution in [2.24, 2.45) is 5.73 Å². The molecular formula is C7H11F6NO2. The van der Waals surface area contributed by atoms with Crippen LogP contribution in [0, 0.1) is 0 Å². The maximum Gasteiger partial charge on any atom is 0.371 e. The molecule has 9 heteroatoms. The van der Waals surface area contributed by atoms with E-state index in [1.54, 1.807) is 0 Å². The second-order valence-corrected chi connectivity index (χ2v) is 3.03. The van der Waals surface area contributed by atoms with E-state index in [4.69, 9.17) is 10.8 Å². The highest BCUT2D eigenvalue weighted by atomic mass is 19.3. The number of halogens is 6. The van der Waals surface area contributed by atoms with Gasteiger partial charge >= 0.3 is 18.3 Å². The monoisotopic (exact) mass is 255 g/mol. The molecule has 3 N–H and O–H groups in total. The number of nitrogens with two attached hydrogens (primary N) is 1. The molecule has 0 radical (unpaired) electrons. The Morgan fingerprint density at radius 3 is 2.06 bits per heavy atom. The second-order valence-electron chi connectivity index (χ2n) is 3.03. The number of rotatable bonds is 7. The van der Waals surface area contributed by atoms with E-state index in [-0.39, 0.29) is 6.54 Å². The first-order valence-corrected chi connectivity index (χ1v) is 4.14. The molecule has 0 heterocycles. The third-order valence-electron chi connectivity index (χ3n) is 1.63. The number of aliphatic hydroxyl groups is 1. The molecular weight excluding hydrogens is 244 g/mol. The van der Waals surface area contributed by atoms with Gasteiger partial charge < -0.3 is 15.6 Å². The zero-order valence-electron chi connectivity index (χ0n) is 7.98. The van der Waals surface area contributed by atoms with Gasteiger partial charge in [-0.05, 0) is 0 Å². The number of ether oxygens (including phenoxy) is 1. The van der Waals surface area contributed by atoms with Crippen molar-refractivity contribution < 1.29 is 36.2 Å². The minimum atomic E-state index is -5.47. The normalized spacial score (nSPS) is 15.6. The van der Waals surface area contributed by atoms with Crippen LogP contribution in [0.3, 0.4) is 0 Å². The van der Waals surface area contributed by atoms with Crippen molar-refractivity contribution in [3.8, 4) is 0 Å². The van der Waals surface area contributed by atoms with Crippen LogP contribution in [0.2, 0.25) is 0 Å². The highest BCUT2D eigenvalue weighted by Crippen LogP contribution is 2.39. The van der Waals surface area contributed by atoms with E-state index in [1.807, 2.05) is 0 Å². The lowest BCUT2D eigenvalue weighted by Gasteiger charge is -2.25. The van der Waals surface area contributed by atoms with Gasteiger partial charge in [0.25, 0.3) is 0 Å². The predicted octanol–water partition coefficient (Wildman–Crippen LogP) is 0.858. The van der Waals surface area contributed by atoms with Crippen LogP contribution in [-0.2, 0) is 4.74 Å². The zero-order chi connectivity index (χ0) is 13.0. The predicted molar refractivity (Wildman–Crippen MR) is 41.8 cm³/mol. The van der Waals surface area contributed by atoms with E-state index in [1.165, 1.54) is 0 Å². The molecule has 98 valence electrons. The van der Waals surface area contributed by atoms with E-state index in [0.29, 0.717) is 0 Å². The van der Waals surface area contributed by atoms with Crippen molar-refractivity contribution in [3.05, 3.63) is 0 Å². The summed E-state index contributed by atoms with van der Waals surface area (Å²) in [7, 11) is 0. The van der Waals surface area contributed by atoms with Crippen LogP contribution < -0.4 is 5.73 Å². The zero-order valence-corrected chi connectivity index (χ0v) is 7.98. The summed E-state index contributed by atoms with van der Waals surface area (Å²) in [6.45, 7) is -2.97. The summed E-state index contributed by atoms with van der Waals surface area (Å²) in [5.41, 5.74) is 4.87. The topological polar surface area (TPSA) is 55.5 Å². The first kappa shape index (κ1) is 15.5. The Morgan fingerprint density at radius 2 is 1.69 bits per heavy atom. The molecule has 1 atom stereocenters. The smallest absolute Gasteiger partial charge is 0.371 e. The van der Waals surface area contributed by atoms with Crippen LogP contribution >= 0.6 is 0 Å². The highest BCUT2D eigenvalue weighted by molar-refractivity contribution is 4.86. The third-order valence-corrected chi connectivity index (χ3v) is 1.63. The second kappa shape index (κ2) is 5.69. The molecule has 0 aromatic heterocycles. The molecule has 0 saturated heterocycles. The van der Waals surface area contributed by atoms with Gasteiger partial charge in [-0.25, -0.2) is 8.78 Å². The summed E-state index contributed by atoms with van der Waals surface area (Å²) >= 11 is 0. The van der Waals surface area contributed by atoms with Gasteiger partial charge in [-0.3, -0.25) is 0 Å². The lowest BCUT2D eigenvalue weighted by Crippen LogP contribution is -2.49. The fraction of sp³-hybridized carbons (Fsp3) is 1.00. The Labute approximate surface area is 87.2 Å². The molecule has 0 bridgehead atoms. The quantitative estimate of drug-likeness (QED) is 0.663. The van der Waals surface area contributed by atoms with Crippen LogP contribution in [0.25, 0.3) is 0 Å². The Bertz CT molecular complexity index is 213. The summed E-state index contributed by atoms with van der Waals surface area (Å²) < 4.78 is 76.8. The summed E-state index contributed by atoms with van der Waals surface area (Å²) in [5.74, 6) is -10.5.